The minimum atomic E-state index is 0.142. The van der Waals surface area contributed by atoms with Crippen LogP contribution in [0.1, 0.15) is 49.1 Å². The van der Waals surface area contributed by atoms with Gasteiger partial charge in [0.2, 0.25) is 5.91 Å². The van der Waals surface area contributed by atoms with Crippen LogP contribution in [0.5, 0.6) is 0 Å². The van der Waals surface area contributed by atoms with E-state index in [1.165, 1.54) is 30.4 Å². The molecule has 3 rings (SSSR count). The molecule has 3 nitrogen and oxygen atoms in total. The topological polar surface area (TPSA) is 55.1 Å². The molecule has 0 heterocycles. The highest BCUT2D eigenvalue weighted by molar-refractivity contribution is 5.79. The van der Waals surface area contributed by atoms with Gasteiger partial charge in [-0.1, -0.05) is 24.3 Å². The van der Waals surface area contributed by atoms with Crippen molar-refractivity contribution in [1.82, 2.24) is 5.32 Å². The lowest BCUT2D eigenvalue weighted by Gasteiger charge is -2.26. The van der Waals surface area contributed by atoms with Gasteiger partial charge in [-0.15, -0.1) is 0 Å². The molecule has 0 spiro atoms. The monoisotopic (exact) mass is 272 g/mol. The number of amides is 1. The molecule has 3 heteroatoms. The standard InChI is InChI=1S/C17H24N2O/c18-15-9-8-13(10-15)17(20)19-11-14-6-3-5-12-4-1-2-7-16(12)14/h1-2,4,7,13-15H,3,5-6,8-11,18H2,(H,19,20). The Balaban J connectivity index is 1.58. The smallest absolute Gasteiger partial charge is 0.223 e. The van der Waals surface area contributed by atoms with Gasteiger partial charge in [-0.05, 0) is 49.7 Å². The molecule has 0 aromatic heterocycles. The van der Waals surface area contributed by atoms with Crippen molar-refractivity contribution in [2.75, 3.05) is 6.54 Å². The van der Waals surface area contributed by atoms with Crippen LogP contribution < -0.4 is 11.1 Å². The summed E-state index contributed by atoms with van der Waals surface area (Å²) in [5.74, 6) is 0.837. The average molecular weight is 272 g/mol. The van der Waals surface area contributed by atoms with Crippen molar-refractivity contribution in [1.29, 1.82) is 0 Å². The van der Waals surface area contributed by atoms with E-state index in [2.05, 4.69) is 29.6 Å². The summed E-state index contributed by atoms with van der Waals surface area (Å²) < 4.78 is 0. The van der Waals surface area contributed by atoms with Gasteiger partial charge in [0, 0.05) is 24.4 Å². The number of carbonyl (C=O) groups is 1. The summed E-state index contributed by atoms with van der Waals surface area (Å²) in [5, 5.41) is 3.16. The molecule has 0 saturated heterocycles. The third-order valence-electron chi connectivity index (χ3n) is 4.86. The van der Waals surface area contributed by atoms with Crippen LogP contribution in [0.4, 0.5) is 0 Å². The zero-order chi connectivity index (χ0) is 13.9. The van der Waals surface area contributed by atoms with Crippen molar-refractivity contribution in [3.63, 3.8) is 0 Å². The summed E-state index contributed by atoms with van der Waals surface area (Å²) in [6.07, 6.45) is 6.39. The quantitative estimate of drug-likeness (QED) is 0.887. The first-order chi connectivity index (χ1) is 9.74. The zero-order valence-electron chi connectivity index (χ0n) is 12.0. The fraction of sp³-hybridized carbons (Fsp3) is 0.588. The molecule has 1 fully saturated rings. The molecule has 1 aromatic rings. The first kappa shape index (κ1) is 13.6. The second kappa shape index (κ2) is 5.96. The highest BCUT2D eigenvalue weighted by atomic mass is 16.1. The molecule has 108 valence electrons. The van der Waals surface area contributed by atoms with Crippen LogP contribution >= 0.6 is 0 Å². The Bertz CT molecular complexity index is 486. The number of hydrogen-bond donors (Lipinski definition) is 2. The molecule has 3 atom stereocenters. The first-order valence-electron chi connectivity index (χ1n) is 7.85. The second-order valence-corrected chi connectivity index (χ2v) is 6.30. The van der Waals surface area contributed by atoms with Gasteiger partial charge in [0.1, 0.15) is 0 Å². The lowest BCUT2D eigenvalue weighted by molar-refractivity contribution is -0.124. The summed E-state index contributed by atoms with van der Waals surface area (Å²) in [6.45, 7) is 0.779. The van der Waals surface area contributed by atoms with Crippen LogP contribution in [-0.2, 0) is 11.2 Å². The van der Waals surface area contributed by atoms with E-state index in [1.807, 2.05) is 0 Å². The third-order valence-corrected chi connectivity index (χ3v) is 4.86. The van der Waals surface area contributed by atoms with Crippen LogP contribution in [0.15, 0.2) is 24.3 Å². The molecule has 0 radical (unpaired) electrons. The van der Waals surface area contributed by atoms with Crippen molar-refractivity contribution in [2.24, 2.45) is 11.7 Å². The van der Waals surface area contributed by atoms with Crippen LogP contribution in [0.25, 0.3) is 0 Å². The maximum atomic E-state index is 12.2. The van der Waals surface area contributed by atoms with E-state index < -0.39 is 0 Å². The fourth-order valence-electron chi connectivity index (χ4n) is 3.69. The van der Waals surface area contributed by atoms with Crippen molar-refractivity contribution in [3.8, 4) is 0 Å². The second-order valence-electron chi connectivity index (χ2n) is 6.30. The van der Waals surface area contributed by atoms with Gasteiger partial charge in [-0.3, -0.25) is 4.79 Å². The zero-order valence-corrected chi connectivity index (χ0v) is 12.0. The molecule has 3 unspecified atom stereocenters. The molecule has 0 bridgehead atoms. The fourth-order valence-corrected chi connectivity index (χ4v) is 3.69. The van der Waals surface area contributed by atoms with Gasteiger partial charge in [0.25, 0.3) is 0 Å². The Labute approximate surface area is 120 Å². The van der Waals surface area contributed by atoms with Gasteiger partial charge >= 0.3 is 0 Å². The van der Waals surface area contributed by atoms with Crippen LogP contribution in [0.2, 0.25) is 0 Å². The van der Waals surface area contributed by atoms with E-state index in [-0.39, 0.29) is 17.9 Å². The summed E-state index contributed by atoms with van der Waals surface area (Å²) in [5.41, 5.74) is 8.78. The Morgan fingerprint density at radius 2 is 2.10 bits per heavy atom. The number of carbonyl (C=O) groups excluding carboxylic acids is 1. The number of fused-ring (bicyclic) bond motifs is 1. The van der Waals surface area contributed by atoms with Gasteiger partial charge in [-0.25, -0.2) is 0 Å². The van der Waals surface area contributed by atoms with Gasteiger partial charge < -0.3 is 11.1 Å². The average Bonchev–Trinajstić information content (AvgIpc) is 2.91. The van der Waals surface area contributed by atoms with Gasteiger partial charge in [0.05, 0.1) is 0 Å². The van der Waals surface area contributed by atoms with E-state index in [9.17, 15) is 4.79 Å². The number of benzene rings is 1. The summed E-state index contributed by atoms with van der Waals surface area (Å²) >= 11 is 0. The molecular weight excluding hydrogens is 248 g/mol. The van der Waals surface area contributed by atoms with Crippen molar-refractivity contribution >= 4 is 5.91 Å². The Hall–Kier alpha value is -1.35. The van der Waals surface area contributed by atoms with E-state index in [4.69, 9.17) is 5.73 Å². The predicted molar refractivity (Wildman–Crippen MR) is 80.4 cm³/mol. The molecule has 20 heavy (non-hydrogen) atoms. The van der Waals surface area contributed by atoms with E-state index in [1.54, 1.807) is 0 Å². The Kier molecular flexibility index (Phi) is 4.06. The van der Waals surface area contributed by atoms with Crippen LogP contribution in [0, 0.1) is 5.92 Å². The lowest BCUT2D eigenvalue weighted by atomic mass is 9.83. The normalized spacial score (nSPS) is 28.9. The van der Waals surface area contributed by atoms with E-state index in [0.717, 1.165) is 25.8 Å². The Morgan fingerprint density at radius 1 is 1.25 bits per heavy atom. The van der Waals surface area contributed by atoms with Crippen molar-refractivity contribution < 1.29 is 4.79 Å². The number of aryl methyl sites for hydroxylation is 1. The van der Waals surface area contributed by atoms with Crippen LogP contribution in [0.3, 0.4) is 0 Å². The summed E-state index contributed by atoms with van der Waals surface area (Å²) in [4.78, 5) is 12.2. The number of rotatable bonds is 3. The van der Waals surface area contributed by atoms with E-state index >= 15 is 0 Å². The number of hydrogen-bond acceptors (Lipinski definition) is 2. The largest absolute Gasteiger partial charge is 0.355 e. The first-order valence-corrected chi connectivity index (χ1v) is 7.85. The molecule has 2 aliphatic rings. The summed E-state index contributed by atoms with van der Waals surface area (Å²) in [6, 6.07) is 8.88. The molecule has 0 aliphatic heterocycles. The predicted octanol–water partition coefficient (Wildman–Crippen LogP) is 2.35. The maximum Gasteiger partial charge on any atom is 0.223 e. The minimum absolute atomic E-state index is 0.142. The van der Waals surface area contributed by atoms with Gasteiger partial charge in [-0.2, -0.15) is 0 Å². The summed E-state index contributed by atoms with van der Waals surface area (Å²) in [7, 11) is 0. The maximum absolute atomic E-state index is 12.2. The molecule has 3 N–H and O–H groups in total. The minimum Gasteiger partial charge on any atom is -0.355 e. The molecule has 1 amide bonds. The van der Waals surface area contributed by atoms with E-state index in [0.29, 0.717) is 5.92 Å². The number of nitrogens with one attached hydrogen (secondary N) is 1. The SMILES string of the molecule is NC1CCC(C(=O)NCC2CCCc3ccccc32)C1. The molecule has 1 aromatic carbocycles. The highest BCUT2D eigenvalue weighted by Crippen LogP contribution is 2.31. The van der Waals surface area contributed by atoms with Gasteiger partial charge in [0.15, 0.2) is 0 Å². The molecular formula is C17H24N2O. The third kappa shape index (κ3) is 2.88. The highest BCUT2D eigenvalue weighted by Gasteiger charge is 2.28. The molecule has 1 saturated carbocycles. The lowest BCUT2D eigenvalue weighted by Crippen LogP contribution is -2.34. The molecule has 2 aliphatic carbocycles. The van der Waals surface area contributed by atoms with Crippen molar-refractivity contribution in [3.05, 3.63) is 35.4 Å². The van der Waals surface area contributed by atoms with Crippen LogP contribution in [-0.4, -0.2) is 18.5 Å². The number of nitrogens with two attached hydrogens (primary N) is 1. The van der Waals surface area contributed by atoms with Crippen molar-refractivity contribution in [2.45, 2.75) is 50.5 Å². The Morgan fingerprint density at radius 3 is 2.90 bits per heavy atom.